The minimum atomic E-state index is -1.33. The number of piperidine rings is 1. The van der Waals surface area contributed by atoms with Gasteiger partial charge in [0.1, 0.15) is 11.2 Å². The maximum atomic E-state index is 14.2. The number of hydrogen-bond donors (Lipinski definition) is 2. The summed E-state index contributed by atoms with van der Waals surface area (Å²) >= 11 is 0. The van der Waals surface area contributed by atoms with Gasteiger partial charge in [0.25, 0.3) is 0 Å². The number of halogens is 1. The molecule has 2 fully saturated rings. The zero-order chi connectivity index (χ0) is 20.3. The Morgan fingerprint density at radius 1 is 1.28 bits per heavy atom. The van der Waals surface area contributed by atoms with E-state index in [1.807, 2.05) is 6.07 Å². The highest BCUT2D eigenvalue weighted by Gasteiger charge is 2.40. The van der Waals surface area contributed by atoms with E-state index in [0.717, 1.165) is 11.8 Å². The van der Waals surface area contributed by atoms with Crippen LogP contribution < -0.4 is 5.69 Å². The molecule has 29 heavy (non-hydrogen) atoms. The van der Waals surface area contributed by atoms with Crippen molar-refractivity contribution >= 4 is 28.2 Å². The van der Waals surface area contributed by atoms with E-state index in [1.165, 1.54) is 6.92 Å². The number of urea groups is 1. The van der Waals surface area contributed by atoms with Crippen LogP contribution in [-0.2, 0) is 0 Å². The van der Waals surface area contributed by atoms with Crippen molar-refractivity contribution in [1.82, 2.24) is 34.5 Å². The largest absolute Gasteiger partial charge is 0.345 e. The Morgan fingerprint density at radius 3 is 2.83 bits per heavy atom. The summed E-state index contributed by atoms with van der Waals surface area (Å²) in [6.07, 6.45) is 2.89. The average Bonchev–Trinajstić information content (AvgIpc) is 3.37. The highest BCUT2D eigenvalue weighted by atomic mass is 19.1. The fraction of sp³-hybridized carbons (Fsp3) is 0.579. The predicted octanol–water partition coefficient (Wildman–Crippen LogP) is 2.04. The lowest BCUT2D eigenvalue weighted by molar-refractivity contribution is 0.111. The van der Waals surface area contributed by atoms with Gasteiger partial charge in [-0.05, 0) is 25.3 Å². The number of aromatic amines is 2. The molecule has 2 saturated heterocycles. The number of aromatic nitrogens is 5. The van der Waals surface area contributed by atoms with E-state index in [9.17, 15) is 14.0 Å². The standard InChI is InChI=1S/C19H24FN7O2/c1-11-4-7-25(18(29)26-8-5-19(2,20)10-26)9-13(11)27-14-12-3-6-21-15(12)23-24-16(14)22-17(27)28/h3,6,11,13H,4-5,7-10H2,1-2H3,(H,21,23)(H,22,24,28)/t11-,13+,19?/m1/s1. The third kappa shape index (κ3) is 2.89. The quantitative estimate of drug-likeness (QED) is 0.651. The van der Waals surface area contributed by atoms with Gasteiger partial charge < -0.3 is 14.8 Å². The summed E-state index contributed by atoms with van der Waals surface area (Å²) < 4.78 is 15.9. The van der Waals surface area contributed by atoms with Crippen molar-refractivity contribution < 1.29 is 9.18 Å². The number of nitrogens with one attached hydrogen (secondary N) is 2. The Kier molecular flexibility index (Phi) is 3.94. The molecule has 5 heterocycles. The van der Waals surface area contributed by atoms with Gasteiger partial charge in [-0.25, -0.2) is 14.0 Å². The molecule has 9 nitrogen and oxygen atoms in total. The van der Waals surface area contributed by atoms with Crippen LogP contribution >= 0.6 is 0 Å². The van der Waals surface area contributed by atoms with Gasteiger partial charge in [0, 0.05) is 37.6 Å². The van der Waals surface area contributed by atoms with Crippen LogP contribution in [0.3, 0.4) is 0 Å². The second-order valence-corrected chi connectivity index (χ2v) is 8.58. The molecule has 0 spiro atoms. The maximum absolute atomic E-state index is 14.2. The van der Waals surface area contributed by atoms with Crippen LogP contribution in [0.15, 0.2) is 17.1 Å². The number of nitrogens with zero attached hydrogens (tertiary/aromatic N) is 5. The third-order valence-electron chi connectivity index (χ3n) is 6.35. The highest BCUT2D eigenvalue weighted by molar-refractivity contribution is 5.99. The third-order valence-corrected chi connectivity index (χ3v) is 6.35. The Bertz CT molecular complexity index is 1150. The van der Waals surface area contributed by atoms with Crippen molar-refractivity contribution in [2.45, 2.75) is 38.4 Å². The lowest BCUT2D eigenvalue weighted by Gasteiger charge is -2.39. The zero-order valence-corrected chi connectivity index (χ0v) is 16.5. The fourth-order valence-electron chi connectivity index (χ4n) is 4.66. The summed E-state index contributed by atoms with van der Waals surface area (Å²) in [6, 6.07) is 1.53. The Morgan fingerprint density at radius 2 is 2.07 bits per heavy atom. The first-order valence-corrected chi connectivity index (χ1v) is 10.0. The molecule has 0 radical (unpaired) electrons. The second kappa shape index (κ2) is 6.30. The van der Waals surface area contributed by atoms with Crippen LogP contribution in [0.2, 0.25) is 0 Å². The van der Waals surface area contributed by atoms with E-state index in [4.69, 9.17) is 0 Å². The number of H-pyrrole nitrogens is 2. The molecule has 0 bridgehead atoms. The molecule has 3 aromatic rings. The van der Waals surface area contributed by atoms with Gasteiger partial charge in [0.15, 0.2) is 11.3 Å². The van der Waals surface area contributed by atoms with E-state index in [0.29, 0.717) is 42.9 Å². The van der Waals surface area contributed by atoms with E-state index in [2.05, 4.69) is 27.1 Å². The Balaban J connectivity index is 1.51. The number of rotatable bonds is 1. The number of amides is 2. The Hall–Kier alpha value is -2.91. The van der Waals surface area contributed by atoms with Crippen molar-refractivity contribution in [1.29, 1.82) is 0 Å². The van der Waals surface area contributed by atoms with E-state index in [-0.39, 0.29) is 30.2 Å². The number of carbonyl (C=O) groups excluding carboxylic acids is 1. The number of carbonyl (C=O) groups is 1. The molecule has 154 valence electrons. The van der Waals surface area contributed by atoms with Gasteiger partial charge in [0.05, 0.1) is 12.6 Å². The van der Waals surface area contributed by atoms with Gasteiger partial charge in [-0.2, -0.15) is 0 Å². The molecule has 3 aromatic heterocycles. The van der Waals surface area contributed by atoms with Crippen LogP contribution in [0.1, 0.15) is 32.7 Å². The van der Waals surface area contributed by atoms with E-state index >= 15 is 0 Å². The van der Waals surface area contributed by atoms with Crippen molar-refractivity contribution in [2.24, 2.45) is 5.92 Å². The molecule has 3 atom stereocenters. The number of hydrogen-bond acceptors (Lipinski definition) is 4. The van der Waals surface area contributed by atoms with Crippen LogP contribution in [-0.4, -0.2) is 72.4 Å². The Labute approximate surface area is 165 Å². The van der Waals surface area contributed by atoms with Crippen molar-refractivity contribution in [3.63, 3.8) is 0 Å². The highest BCUT2D eigenvalue weighted by Crippen LogP contribution is 2.32. The van der Waals surface area contributed by atoms with Gasteiger partial charge in [-0.3, -0.25) is 9.55 Å². The molecule has 0 saturated carbocycles. The van der Waals surface area contributed by atoms with Gasteiger partial charge in [0.2, 0.25) is 0 Å². The first kappa shape index (κ1) is 18.1. The fourth-order valence-corrected chi connectivity index (χ4v) is 4.66. The molecule has 10 heteroatoms. The maximum Gasteiger partial charge on any atom is 0.328 e. The summed E-state index contributed by atoms with van der Waals surface area (Å²) in [5.41, 5.74) is 0.160. The average molecular weight is 401 g/mol. The number of fused-ring (bicyclic) bond motifs is 3. The normalized spacial score (nSPS) is 28.0. The first-order chi connectivity index (χ1) is 13.8. The molecular weight excluding hydrogens is 377 g/mol. The molecule has 2 aliphatic rings. The molecule has 2 aliphatic heterocycles. The van der Waals surface area contributed by atoms with Gasteiger partial charge >= 0.3 is 11.7 Å². The molecule has 2 N–H and O–H groups in total. The summed E-state index contributed by atoms with van der Waals surface area (Å²) in [7, 11) is 0. The lowest BCUT2D eigenvalue weighted by atomic mass is 9.93. The number of alkyl halides is 1. The van der Waals surface area contributed by atoms with Crippen LogP contribution in [0.25, 0.3) is 22.2 Å². The first-order valence-electron chi connectivity index (χ1n) is 10.0. The molecule has 0 aromatic carbocycles. The zero-order valence-electron chi connectivity index (χ0n) is 16.5. The summed E-state index contributed by atoms with van der Waals surface area (Å²) in [5, 5.41) is 9.05. The number of likely N-dealkylation sites (tertiary alicyclic amines) is 2. The van der Waals surface area contributed by atoms with Gasteiger partial charge in [-0.1, -0.05) is 6.92 Å². The minimum absolute atomic E-state index is 0.120. The van der Waals surface area contributed by atoms with Crippen molar-refractivity contribution in [2.75, 3.05) is 26.2 Å². The number of imidazole rings is 1. The molecular formula is C19H24FN7O2. The summed E-state index contributed by atoms with van der Waals surface area (Å²) in [4.78, 5) is 35.0. The van der Waals surface area contributed by atoms with Crippen LogP contribution in [0.5, 0.6) is 0 Å². The molecule has 5 rings (SSSR count). The molecule has 2 amide bonds. The van der Waals surface area contributed by atoms with Gasteiger partial charge in [-0.15, -0.1) is 10.2 Å². The SMILES string of the molecule is C[C@@H]1CCN(C(=O)N2CCC(C)(F)C2)C[C@@H]1n1c(=O)[nH]c2nnc3[nH]ccc3c21. The summed E-state index contributed by atoms with van der Waals surface area (Å²) in [6.45, 7) is 5.18. The molecule has 1 unspecified atom stereocenters. The lowest BCUT2D eigenvalue weighted by Crippen LogP contribution is -2.50. The molecule has 0 aliphatic carbocycles. The summed E-state index contributed by atoms with van der Waals surface area (Å²) in [5.74, 6) is 0.197. The minimum Gasteiger partial charge on any atom is -0.345 e. The van der Waals surface area contributed by atoms with Crippen LogP contribution in [0, 0.1) is 5.92 Å². The van der Waals surface area contributed by atoms with Crippen molar-refractivity contribution in [3.05, 3.63) is 22.7 Å². The monoisotopic (exact) mass is 401 g/mol. The van der Waals surface area contributed by atoms with Crippen LogP contribution in [0.4, 0.5) is 9.18 Å². The predicted molar refractivity (Wildman–Crippen MR) is 105 cm³/mol. The van der Waals surface area contributed by atoms with Crippen molar-refractivity contribution in [3.8, 4) is 0 Å². The second-order valence-electron chi connectivity index (χ2n) is 8.58. The smallest absolute Gasteiger partial charge is 0.328 e. The topological polar surface area (TPSA) is 103 Å². The van der Waals surface area contributed by atoms with E-state index in [1.54, 1.807) is 20.6 Å². The van der Waals surface area contributed by atoms with E-state index < -0.39 is 5.67 Å².